The molecule has 0 atom stereocenters. The highest BCUT2D eigenvalue weighted by molar-refractivity contribution is 5.85. The molecule has 0 spiro atoms. The molecular weight excluding hydrogens is 359 g/mol. The zero-order chi connectivity index (χ0) is 15.7. The molecule has 1 saturated carbocycles. The van der Waals surface area contributed by atoms with Gasteiger partial charge in [-0.3, -0.25) is 4.79 Å². The smallest absolute Gasteiger partial charge is 0.224 e. The van der Waals surface area contributed by atoms with E-state index in [1.807, 2.05) is 0 Å². The quantitative estimate of drug-likeness (QED) is 0.875. The van der Waals surface area contributed by atoms with Crippen molar-refractivity contribution in [2.45, 2.75) is 31.2 Å². The number of carbonyl (C=O) groups excluding carboxylic acids is 1. The van der Waals surface area contributed by atoms with Gasteiger partial charge in [-0.15, -0.1) is 24.8 Å². The van der Waals surface area contributed by atoms with E-state index >= 15 is 0 Å². The van der Waals surface area contributed by atoms with Crippen molar-refractivity contribution in [2.75, 3.05) is 31.1 Å². The van der Waals surface area contributed by atoms with E-state index in [1.54, 1.807) is 9.80 Å². The summed E-state index contributed by atoms with van der Waals surface area (Å²) in [5, 5.41) is 0. The first-order valence-electron chi connectivity index (χ1n) is 7.74. The molecule has 1 aromatic rings. The van der Waals surface area contributed by atoms with Crippen LogP contribution >= 0.6 is 24.8 Å². The zero-order valence-corrected chi connectivity index (χ0v) is 15.0. The third kappa shape index (κ3) is 4.49. The number of hydrogen-bond acceptors (Lipinski definition) is 3. The van der Waals surface area contributed by atoms with E-state index in [4.69, 9.17) is 5.73 Å². The molecule has 1 amide bonds. The van der Waals surface area contributed by atoms with Gasteiger partial charge >= 0.3 is 0 Å². The first kappa shape index (κ1) is 20.9. The van der Waals surface area contributed by atoms with Crippen LogP contribution in [0.25, 0.3) is 0 Å². The first-order chi connectivity index (χ1) is 10.5. The molecule has 1 heterocycles. The van der Waals surface area contributed by atoms with E-state index in [-0.39, 0.29) is 41.9 Å². The van der Waals surface area contributed by atoms with E-state index in [2.05, 4.69) is 0 Å². The third-order valence-electron chi connectivity index (χ3n) is 4.73. The molecule has 24 heavy (non-hydrogen) atoms. The highest BCUT2D eigenvalue weighted by atomic mass is 35.5. The summed E-state index contributed by atoms with van der Waals surface area (Å²) in [4.78, 5) is 15.8. The Morgan fingerprint density at radius 3 is 2.29 bits per heavy atom. The molecule has 2 fully saturated rings. The molecule has 1 aliphatic carbocycles. The van der Waals surface area contributed by atoms with Gasteiger partial charge in [0.15, 0.2) is 0 Å². The van der Waals surface area contributed by atoms with Crippen LogP contribution in [0.2, 0.25) is 0 Å². The standard InChI is InChI=1S/C16H21F2N3O.2ClH/c17-12-2-3-13(18)14(10-12)20-6-8-21(9-7-20)15(22)11-16(19)4-1-5-16;;/h2-3,10H,1,4-9,11,19H2;2*1H. The normalized spacial score (nSPS) is 19.0. The number of nitrogens with zero attached hydrogens (tertiary/aromatic N) is 2. The molecule has 1 saturated heterocycles. The molecule has 2 aliphatic rings. The Hall–Kier alpha value is -1.11. The summed E-state index contributed by atoms with van der Waals surface area (Å²) in [6.07, 6.45) is 3.30. The lowest BCUT2D eigenvalue weighted by Crippen LogP contribution is -2.54. The number of hydrogen-bond donors (Lipinski definition) is 1. The molecular formula is C16H23Cl2F2N3O. The van der Waals surface area contributed by atoms with E-state index in [0.29, 0.717) is 32.6 Å². The molecule has 2 N–H and O–H groups in total. The molecule has 0 radical (unpaired) electrons. The van der Waals surface area contributed by atoms with Gasteiger partial charge in [0, 0.05) is 44.2 Å². The Kier molecular flexibility index (Phi) is 7.25. The summed E-state index contributed by atoms with van der Waals surface area (Å²) in [6.45, 7) is 2.04. The third-order valence-corrected chi connectivity index (χ3v) is 4.73. The maximum atomic E-state index is 13.8. The summed E-state index contributed by atoms with van der Waals surface area (Å²) in [5.74, 6) is -0.817. The number of carbonyl (C=O) groups is 1. The van der Waals surface area contributed by atoms with Crippen LogP contribution in [0.5, 0.6) is 0 Å². The number of piperazine rings is 1. The van der Waals surface area contributed by atoms with E-state index < -0.39 is 11.6 Å². The monoisotopic (exact) mass is 381 g/mol. The number of nitrogens with two attached hydrogens (primary N) is 1. The second kappa shape index (κ2) is 8.32. The summed E-state index contributed by atoms with van der Waals surface area (Å²) in [5.41, 5.74) is 6.06. The van der Waals surface area contributed by atoms with Gasteiger partial charge in [-0.2, -0.15) is 0 Å². The highest BCUT2D eigenvalue weighted by Crippen LogP contribution is 2.32. The molecule has 1 aromatic carbocycles. The van der Waals surface area contributed by atoms with Gasteiger partial charge in [0.1, 0.15) is 11.6 Å². The summed E-state index contributed by atoms with van der Waals surface area (Å²) in [6, 6.07) is 3.45. The lowest BCUT2D eigenvalue weighted by molar-refractivity contribution is -0.133. The van der Waals surface area contributed by atoms with Crippen molar-refractivity contribution in [1.29, 1.82) is 0 Å². The number of anilines is 1. The van der Waals surface area contributed by atoms with Gasteiger partial charge in [0.05, 0.1) is 5.69 Å². The Balaban J connectivity index is 0.00000144. The average molecular weight is 382 g/mol. The van der Waals surface area contributed by atoms with Crippen LogP contribution in [0.4, 0.5) is 14.5 Å². The van der Waals surface area contributed by atoms with Crippen molar-refractivity contribution < 1.29 is 13.6 Å². The first-order valence-corrected chi connectivity index (χ1v) is 7.74. The summed E-state index contributed by atoms with van der Waals surface area (Å²) < 4.78 is 27.0. The van der Waals surface area contributed by atoms with Gasteiger partial charge in [0.2, 0.25) is 5.91 Å². The predicted molar refractivity (Wildman–Crippen MR) is 95.0 cm³/mol. The molecule has 1 aliphatic heterocycles. The molecule has 0 aromatic heterocycles. The topological polar surface area (TPSA) is 49.6 Å². The number of rotatable bonds is 3. The Morgan fingerprint density at radius 1 is 1.12 bits per heavy atom. The second-order valence-corrected chi connectivity index (χ2v) is 6.36. The van der Waals surface area contributed by atoms with Gasteiger partial charge in [-0.1, -0.05) is 0 Å². The van der Waals surface area contributed by atoms with Crippen molar-refractivity contribution in [2.24, 2.45) is 5.73 Å². The molecule has 4 nitrogen and oxygen atoms in total. The number of halogens is 4. The Bertz CT molecular complexity index is 576. The lowest BCUT2D eigenvalue weighted by atomic mass is 9.75. The maximum Gasteiger partial charge on any atom is 0.224 e. The van der Waals surface area contributed by atoms with Crippen LogP contribution in [0, 0.1) is 11.6 Å². The van der Waals surface area contributed by atoms with Gasteiger partial charge < -0.3 is 15.5 Å². The average Bonchev–Trinajstić information content (AvgIpc) is 2.48. The van der Waals surface area contributed by atoms with Crippen molar-refractivity contribution in [1.82, 2.24) is 4.90 Å². The lowest BCUT2D eigenvalue weighted by Gasteiger charge is -2.41. The van der Waals surface area contributed by atoms with Crippen molar-refractivity contribution in [3.8, 4) is 0 Å². The number of amides is 1. The zero-order valence-electron chi connectivity index (χ0n) is 13.3. The molecule has 3 rings (SSSR count). The number of benzene rings is 1. The molecule has 0 bridgehead atoms. The van der Waals surface area contributed by atoms with Crippen molar-refractivity contribution in [3.05, 3.63) is 29.8 Å². The SMILES string of the molecule is Cl.Cl.NC1(CC(=O)N2CCN(c3cc(F)ccc3F)CC2)CCC1. The Labute approximate surface area is 153 Å². The van der Waals surface area contributed by atoms with Crippen molar-refractivity contribution >= 4 is 36.4 Å². The van der Waals surface area contributed by atoms with Crippen LogP contribution in [-0.4, -0.2) is 42.5 Å². The molecule has 0 unspecified atom stereocenters. The van der Waals surface area contributed by atoms with Crippen LogP contribution < -0.4 is 10.6 Å². The minimum absolute atomic E-state index is 0. The second-order valence-electron chi connectivity index (χ2n) is 6.36. The van der Waals surface area contributed by atoms with Gasteiger partial charge in [-0.05, 0) is 31.4 Å². The molecule has 136 valence electrons. The maximum absolute atomic E-state index is 13.8. The highest BCUT2D eigenvalue weighted by Gasteiger charge is 2.36. The van der Waals surface area contributed by atoms with Crippen LogP contribution in [0.1, 0.15) is 25.7 Å². The largest absolute Gasteiger partial charge is 0.366 e. The summed E-state index contributed by atoms with van der Waals surface area (Å²) >= 11 is 0. The van der Waals surface area contributed by atoms with Crippen LogP contribution in [0.3, 0.4) is 0 Å². The van der Waals surface area contributed by atoms with Crippen LogP contribution in [-0.2, 0) is 4.79 Å². The minimum Gasteiger partial charge on any atom is -0.366 e. The predicted octanol–water partition coefficient (Wildman–Crippen LogP) is 2.73. The van der Waals surface area contributed by atoms with Gasteiger partial charge in [-0.25, -0.2) is 8.78 Å². The fraction of sp³-hybridized carbons (Fsp3) is 0.562. The van der Waals surface area contributed by atoms with E-state index in [1.165, 1.54) is 6.07 Å². The van der Waals surface area contributed by atoms with Crippen molar-refractivity contribution in [3.63, 3.8) is 0 Å². The minimum atomic E-state index is -0.454. The Morgan fingerprint density at radius 2 is 1.75 bits per heavy atom. The fourth-order valence-electron chi connectivity index (χ4n) is 3.15. The van der Waals surface area contributed by atoms with E-state index in [9.17, 15) is 13.6 Å². The van der Waals surface area contributed by atoms with Crippen LogP contribution in [0.15, 0.2) is 18.2 Å². The van der Waals surface area contributed by atoms with E-state index in [0.717, 1.165) is 31.4 Å². The van der Waals surface area contributed by atoms with Gasteiger partial charge in [0.25, 0.3) is 0 Å². The fourth-order valence-corrected chi connectivity index (χ4v) is 3.15. The summed E-state index contributed by atoms with van der Waals surface area (Å²) in [7, 11) is 0. The molecule has 8 heteroatoms.